The second-order valence-electron chi connectivity index (χ2n) is 7.31. The molecule has 0 radical (unpaired) electrons. The maximum atomic E-state index is 12.4. The highest BCUT2D eigenvalue weighted by Gasteiger charge is 2.34. The van der Waals surface area contributed by atoms with E-state index in [9.17, 15) is 9.59 Å². The first kappa shape index (κ1) is 16.6. The highest BCUT2D eigenvalue weighted by molar-refractivity contribution is 5.82. The van der Waals surface area contributed by atoms with Gasteiger partial charge in [0, 0.05) is 32.2 Å². The van der Waals surface area contributed by atoms with E-state index in [1.165, 1.54) is 25.7 Å². The second kappa shape index (κ2) is 7.51. The Morgan fingerprint density at radius 3 is 2.04 bits per heavy atom. The van der Waals surface area contributed by atoms with Crippen molar-refractivity contribution in [2.24, 2.45) is 11.7 Å². The Morgan fingerprint density at radius 1 is 0.870 bits per heavy atom. The summed E-state index contributed by atoms with van der Waals surface area (Å²) in [6, 6.07) is 0.0293. The first-order valence-corrected chi connectivity index (χ1v) is 9.25. The summed E-state index contributed by atoms with van der Waals surface area (Å²) < 4.78 is 0. The molecule has 0 bridgehead atoms. The van der Waals surface area contributed by atoms with Crippen LogP contribution in [0.25, 0.3) is 0 Å². The third-order valence-corrected chi connectivity index (χ3v) is 5.75. The molecule has 3 aliphatic rings. The van der Waals surface area contributed by atoms with Crippen LogP contribution in [0.15, 0.2) is 0 Å². The summed E-state index contributed by atoms with van der Waals surface area (Å²) in [5.74, 6) is 0.442. The van der Waals surface area contributed by atoms with Crippen LogP contribution in [0.5, 0.6) is 0 Å². The molecule has 1 atom stereocenters. The first-order valence-electron chi connectivity index (χ1n) is 9.25. The first-order chi connectivity index (χ1) is 11.1. The zero-order valence-electron chi connectivity index (χ0n) is 14.0. The third kappa shape index (κ3) is 3.97. The molecular weight excluding hydrogens is 292 g/mol. The SMILES string of the molecule is NC(C(=O)N1CCN(C(=O)NC2CCCCC2)CC1)C1CCC1. The minimum absolute atomic E-state index is 0.0345. The van der Waals surface area contributed by atoms with Crippen LogP contribution >= 0.6 is 0 Å². The Bertz CT molecular complexity index is 424. The van der Waals surface area contributed by atoms with Gasteiger partial charge in [-0.25, -0.2) is 4.79 Å². The van der Waals surface area contributed by atoms with Gasteiger partial charge in [0.25, 0.3) is 0 Å². The molecule has 3 fully saturated rings. The van der Waals surface area contributed by atoms with Gasteiger partial charge in [-0.05, 0) is 31.6 Å². The minimum Gasteiger partial charge on any atom is -0.338 e. The van der Waals surface area contributed by atoms with Crippen LogP contribution in [0, 0.1) is 5.92 Å². The molecule has 0 spiro atoms. The molecule has 6 heteroatoms. The molecule has 0 aromatic heterocycles. The van der Waals surface area contributed by atoms with Gasteiger partial charge in [0.1, 0.15) is 0 Å². The minimum atomic E-state index is -0.341. The van der Waals surface area contributed by atoms with Crippen molar-refractivity contribution in [3.63, 3.8) is 0 Å². The molecule has 0 aromatic carbocycles. The molecule has 2 saturated carbocycles. The number of hydrogen-bond donors (Lipinski definition) is 2. The van der Waals surface area contributed by atoms with E-state index in [0.717, 1.165) is 25.7 Å². The van der Waals surface area contributed by atoms with E-state index in [1.807, 2.05) is 9.80 Å². The molecule has 2 aliphatic carbocycles. The van der Waals surface area contributed by atoms with E-state index in [1.54, 1.807) is 0 Å². The van der Waals surface area contributed by atoms with Crippen molar-refractivity contribution < 1.29 is 9.59 Å². The van der Waals surface area contributed by atoms with Gasteiger partial charge >= 0.3 is 6.03 Å². The lowest BCUT2D eigenvalue weighted by Gasteiger charge is -2.39. The van der Waals surface area contributed by atoms with E-state index in [0.29, 0.717) is 38.1 Å². The number of carbonyl (C=O) groups excluding carboxylic acids is 2. The molecule has 1 aliphatic heterocycles. The van der Waals surface area contributed by atoms with E-state index in [2.05, 4.69) is 5.32 Å². The van der Waals surface area contributed by atoms with Crippen LogP contribution in [0.4, 0.5) is 4.79 Å². The van der Waals surface area contributed by atoms with Crippen molar-refractivity contribution in [3.8, 4) is 0 Å². The molecule has 1 unspecified atom stereocenters. The number of amides is 3. The van der Waals surface area contributed by atoms with Crippen molar-refractivity contribution in [2.75, 3.05) is 26.2 Å². The van der Waals surface area contributed by atoms with Crippen molar-refractivity contribution in [1.82, 2.24) is 15.1 Å². The number of carbonyl (C=O) groups is 2. The molecule has 1 heterocycles. The molecule has 1 saturated heterocycles. The summed E-state index contributed by atoms with van der Waals surface area (Å²) in [5.41, 5.74) is 6.09. The standard InChI is InChI=1S/C17H30N4O2/c18-15(13-5-4-6-13)16(22)20-9-11-21(12-10-20)17(23)19-14-7-2-1-3-8-14/h13-15H,1-12,18H2,(H,19,23). The molecule has 3 amide bonds. The average Bonchev–Trinajstić information content (AvgIpc) is 2.53. The topological polar surface area (TPSA) is 78.7 Å². The zero-order chi connectivity index (χ0) is 16.2. The Morgan fingerprint density at radius 2 is 1.48 bits per heavy atom. The van der Waals surface area contributed by atoms with Gasteiger partial charge in [0.2, 0.25) is 5.91 Å². The second-order valence-corrected chi connectivity index (χ2v) is 7.31. The lowest BCUT2D eigenvalue weighted by molar-refractivity contribution is -0.136. The maximum Gasteiger partial charge on any atom is 0.317 e. The summed E-state index contributed by atoms with van der Waals surface area (Å²) in [7, 11) is 0. The molecule has 0 aromatic rings. The van der Waals surface area contributed by atoms with Crippen molar-refractivity contribution in [1.29, 1.82) is 0 Å². The number of nitrogens with one attached hydrogen (secondary N) is 1. The number of urea groups is 1. The average molecular weight is 322 g/mol. The van der Waals surface area contributed by atoms with E-state index in [4.69, 9.17) is 5.73 Å². The fourth-order valence-corrected chi connectivity index (χ4v) is 3.85. The molecule has 3 rings (SSSR count). The quantitative estimate of drug-likeness (QED) is 0.822. The van der Waals surface area contributed by atoms with Gasteiger partial charge in [0.05, 0.1) is 6.04 Å². The van der Waals surface area contributed by atoms with Crippen LogP contribution in [0.3, 0.4) is 0 Å². The highest BCUT2D eigenvalue weighted by Crippen LogP contribution is 2.29. The number of piperazine rings is 1. The van der Waals surface area contributed by atoms with Crippen molar-refractivity contribution in [3.05, 3.63) is 0 Å². The molecular formula is C17H30N4O2. The number of nitrogens with two attached hydrogens (primary N) is 1. The molecule has 3 N–H and O–H groups in total. The van der Waals surface area contributed by atoms with Crippen LogP contribution in [-0.4, -0.2) is 60.0 Å². The summed E-state index contributed by atoms with van der Waals surface area (Å²) >= 11 is 0. The smallest absolute Gasteiger partial charge is 0.317 e. The van der Waals surface area contributed by atoms with Crippen LogP contribution in [-0.2, 0) is 4.79 Å². The summed E-state index contributed by atoms with van der Waals surface area (Å²) in [5, 5.41) is 3.15. The van der Waals surface area contributed by atoms with Crippen LogP contribution in [0.2, 0.25) is 0 Å². The lowest BCUT2D eigenvalue weighted by Crippen LogP contribution is -2.58. The van der Waals surface area contributed by atoms with Crippen molar-refractivity contribution >= 4 is 11.9 Å². The lowest BCUT2D eigenvalue weighted by atomic mass is 9.79. The van der Waals surface area contributed by atoms with Gasteiger partial charge in [-0.15, -0.1) is 0 Å². The van der Waals surface area contributed by atoms with Gasteiger partial charge in [-0.1, -0.05) is 25.7 Å². The van der Waals surface area contributed by atoms with E-state index >= 15 is 0 Å². The number of nitrogens with zero attached hydrogens (tertiary/aromatic N) is 2. The Balaban J connectivity index is 1.42. The Labute approximate surface area is 138 Å². The summed E-state index contributed by atoms with van der Waals surface area (Å²) in [6.45, 7) is 2.44. The fraction of sp³-hybridized carbons (Fsp3) is 0.882. The van der Waals surface area contributed by atoms with Gasteiger partial charge in [-0.2, -0.15) is 0 Å². The third-order valence-electron chi connectivity index (χ3n) is 5.75. The highest BCUT2D eigenvalue weighted by atomic mass is 16.2. The fourth-order valence-electron chi connectivity index (χ4n) is 3.85. The van der Waals surface area contributed by atoms with Gasteiger partial charge < -0.3 is 20.9 Å². The Hall–Kier alpha value is -1.30. The van der Waals surface area contributed by atoms with Gasteiger partial charge in [-0.3, -0.25) is 4.79 Å². The van der Waals surface area contributed by atoms with Crippen molar-refractivity contribution in [2.45, 2.75) is 63.5 Å². The molecule has 23 heavy (non-hydrogen) atoms. The predicted octanol–water partition coefficient (Wildman–Crippen LogP) is 1.30. The van der Waals surface area contributed by atoms with E-state index < -0.39 is 0 Å². The number of hydrogen-bond acceptors (Lipinski definition) is 3. The summed E-state index contributed by atoms with van der Waals surface area (Å²) in [4.78, 5) is 28.4. The molecule has 6 nitrogen and oxygen atoms in total. The maximum absolute atomic E-state index is 12.4. The largest absolute Gasteiger partial charge is 0.338 e. The monoisotopic (exact) mass is 322 g/mol. The predicted molar refractivity (Wildman–Crippen MR) is 88.9 cm³/mol. The van der Waals surface area contributed by atoms with Crippen LogP contribution < -0.4 is 11.1 Å². The van der Waals surface area contributed by atoms with Crippen LogP contribution in [0.1, 0.15) is 51.4 Å². The number of rotatable bonds is 3. The normalized spacial score (nSPS) is 24.9. The summed E-state index contributed by atoms with van der Waals surface area (Å²) in [6.07, 6.45) is 9.27. The molecule has 130 valence electrons. The zero-order valence-corrected chi connectivity index (χ0v) is 14.0. The Kier molecular flexibility index (Phi) is 5.41. The van der Waals surface area contributed by atoms with E-state index in [-0.39, 0.29) is 18.0 Å². The van der Waals surface area contributed by atoms with Gasteiger partial charge in [0.15, 0.2) is 0 Å².